The summed E-state index contributed by atoms with van der Waals surface area (Å²) in [5.41, 5.74) is 6.98. The lowest BCUT2D eigenvalue weighted by Crippen LogP contribution is -2.41. The third kappa shape index (κ3) is 2.82. The highest BCUT2D eigenvalue weighted by Gasteiger charge is 2.27. The molecule has 2 rings (SSSR count). The number of halogens is 1. The molecule has 2 N–H and O–H groups in total. The number of hydrogen-bond acceptors (Lipinski definition) is 1. The zero-order chi connectivity index (χ0) is 11.4. The van der Waals surface area contributed by atoms with E-state index in [2.05, 4.69) is 0 Å². The summed E-state index contributed by atoms with van der Waals surface area (Å²) in [5, 5.41) is 0. The van der Waals surface area contributed by atoms with Crippen molar-refractivity contribution in [3.05, 3.63) is 35.6 Å². The van der Waals surface area contributed by atoms with Gasteiger partial charge in [-0.1, -0.05) is 43.9 Å². The van der Waals surface area contributed by atoms with Gasteiger partial charge in [0.1, 0.15) is 5.82 Å². The molecule has 88 valence electrons. The number of rotatable bonds is 2. The highest BCUT2D eigenvalue weighted by molar-refractivity contribution is 5.20. The Morgan fingerprint density at radius 2 is 1.69 bits per heavy atom. The maximum absolute atomic E-state index is 13.6. The molecule has 1 aromatic carbocycles. The molecule has 16 heavy (non-hydrogen) atoms. The normalized spacial score (nSPS) is 20.4. The molecule has 1 aliphatic rings. The predicted molar refractivity (Wildman–Crippen MR) is 64.7 cm³/mol. The smallest absolute Gasteiger partial charge is 0.126 e. The minimum Gasteiger partial charge on any atom is -0.325 e. The molecule has 0 saturated heterocycles. The van der Waals surface area contributed by atoms with Crippen molar-refractivity contribution in [1.82, 2.24) is 0 Å². The van der Waals surface area contributed by atoms with E-state index in [9.17, 15) is 4.39 Å². The second-order valence-corrected chi connectivity index (χ2v) is 5.04. The fourth-order valence-electron chi connectivity index (χ4n) is 2.63. The maximum Gasteiger partial charge on any atom is 0.126 e. The molecule has 1 fully saturated rings. The largest absolute Gasteiger partial charge is 0.325 e. The van der Waals surface area contributed by atoms with Crippen molar-refractivity contribution in [1.29, 1.82) is 0 Å². The highest BCUT2D eigenvalue weighted by atomic mass is 19.1. The van der Waals surface area contributed by atoms with Crippen molar-refractivity contribution < 1.29 is 4.39 Å². The van der Waals surface area contributed by atoms with Crippen LogP contribution in [0.2, 0.25) is 0 Å². The van der Waals surface area contributed by atoms with Crippen LogP contribution in [0.3, 0.4) is 0 Å². The summed E-state index contributed by atoms with van der Waals surface area (Å²) in [6, 6.07) is 7.00. The molecule has 0 aromatic heterocycles. The summed E-state index contributed by atoms with van der Waals surface area (Å²) >= 11 is 0. The van der Waals surface area contributed by atoms with Crippen molar-refractivity contribution in [3.63, 3.8) is 0 Å². The monoisotopic (exact) mass is 221 g/mol. The first-order valence-electron chi connectivity index (χ1n) is 6.22. The zero-order valence-corrected chi connectivity index (χ0v) is 9.71. The predicted octanol–water partition coefficient (Wildman–Crippen LogP) is 3.42. The van der Waals surface area contributed by atoms with E-state index in [-0.39, 0.29) is 11.4 Å². The fraction of sp³-hybridized carbons (Fsp3) is 0.571. The van der Waals surface area contributed by atoms with Gasteiger partial charge >= 0.3 is 0 Å². The maximum atomic E-state index is 13.6. The van der Waals surface area contributed by atoms with E-state index in [4.69, 9.17) is 5.73 Å². The van der Waals surface area contributed by atoms with E-state index in [0.717, 1.165) is 18.4 Å². The lowest BCUT2D eigenvalue weighted by Gasteiger charge is -2.28. The van der Waals surface area contributed by atoms with Gasteiger partial charge in [0.25, 0.3) is 0 Å². The molecule has 1 saturated carbocycles. The van der Waals surface area contributed by atoms with Gasteiger partial charge in [-0.3, -0.25) is 0 Å². The van der Waals surface area contributed by atoms with Crippen molar-refractivity contribution >= 4 is 0 Å². The van der Waals surface area contributed by atoms with Gasteiger partial charge in [-0.25, -0.2) is 4.39 Å². The Kier molecular flexibility index (Phi) is 3.59. The second-order valence-electron chi connectivity index (χ2n) is 5.04. The van der Waals surface area contributed by atoms with Crippen LogP contribution in [0.5, 0.6) is 0 Å². The van der Waals surface area contributed by atoms with Crippen LogP contribution in [-0.4, -0.2) is 5.54 Å². The Morgan fingerprint density at radius 1 is 1.06 bits per heavy atom. The lowest BCUT2D eigenvalue weighted by atomic mass is 9.85. The molecule has 0 radical (unpaired) electrons. The molecule has 0 heterocycles. The van der Waals surface area contributed by atoms with Crippen LogP contribution in [0.25, 0.3) is 0 Å². The van der Waals surface area contributed by atoms with E-state index in [1.165, 1.54) is 31.7 Å². The van der Waals surface area contributed by atoms with E-state index in [1.807, 2.05) is 12.1 Å². The molecule has 1 nitrogen and oxygen atoms in total. The topological polar surface area (TPSA) is 26.0 Å². The third-order valence-electron chi connectivity index (χ3n) is 3.60. The van der Waals surface area contributed by atoms with E-state index in [0.29, 0.717) is 6.42 Å². The first kappa shape index (κ1) is 11.6. The standard InChI is InChI=1S/C14H20FN/c15-13-8-4-3-7-12(13)11-14(16)9-5-1-2-6-10-14/h3-4,7-8H,1-2,5-6,9-11,16H2. The average molecular weight is 221 g/mol. The molecule has 1 aromatic rings. The SMILES string of the molecule is NC1(Cc2ccccc2F)CCCCCC1. The lowest BCUT2D eigenvalue weighted by molar-refractivity contribution is 0.364. The molecular weight excluding hydrogens is 201 g/mol. The molecule has 1 aliphatic carbocycles. The first-order valence-corrected chi connectivity index (χ1v) is 6.22. The summed E-state index contributed by atoms with van der Waals surface area (Å²) in [6.07, 6.45) is 7.66. The summed E-state index contributed by atoms with van der Waals surface area (Å²) in [7, 11) is 0. The first-order chi connectivity index (χ1) is 7.70. The Balaban J connectivity index is 2.10. The number of nitrogens with two attached hydrogens (primary N) is 1. The molecule has 0 amide bonds. The second kappa shape index (κ2) is 4.96. The van der Waals surface area contributed by atoms with Crippen LogP contribution < -0.4 is 5.73 Å². The molecule has 0 aliphatic heterocycles. The number of benzene rings is 1. The van der Waals surface area contributed by atoms with Gasteiger partial charge < -0.3 is 5.73 Å². The van der Waals surface area contributed by atoms with Gasteiger partial charge in [-0.2, -0.15) is 0 Å². The minimum absolute atomic E-state index is 0.114. The zero-order valence-electron chi connectivity index (χ0n) is 9.71. The minimum atomic E-state index is -0.182. The van der Waals surface area contributed by atoms with Crippen LogP contribution in [0.4, 0.5) is 4.39 Å². The quantitative estimate of drug-likeness (QED) is 0.761. The van der Waals surface area contributed by atoms with Crippen molar-refractivity contribution in [2.45, 2.75) is 50.5 Å². The van der Waals surface area contributed by atoms with Crippen LogP contribution in [0.1, 0.15) is 44.1 Å². The summed E-state index contributed by atoms with van der Waals surface area (Å²) in [5.74, 6) is -0.114. The van der Waals surface area contributed by atoms with E-state index in [1.54, 1.807) is 6.07 Å². The Labute approximate surface area is 96.9 Å². The summed E-state index contributed by atoms with van der Waals surface area (Å²) in [6.45, 7) is 0. The molecule has 2 heteroatoms. The highest BCUT2D eigenvalue weighted by Crippen LogP contribution is 2.28. The van der Waals surface area contributed by atoms with Crippen LogP contribution in [0.15, 0.2) is 24.3 Å². The van der Waals surface area contributed by atoms with Gasteiger partial charge in [0.15, 0.2) is 0 Å². The fourth-order valence-corrected chi connectivity index (χ4v) is 2.63. The molecular formula is C14H20FN. The van der Waals surface area contributed by atoms with Gasteiger partial charge in [0, 0.05) is 5.54 Å². The van der Waals surface area contributed by atoms with Crippen molar-refractivity contribution in [3.8, 4) is 0 Å². The number of hydrogen-bond donors (Lipinski definition) is 1. The molecule has 0 unspecified atom stereocenters. The van der Waals surface area contributed by atoms with Crippen LogP contribution in [-0.2, 0) is 6.42 Å². The molecule has 0 bridgehead atoms. The van der Waals surface area contributed by atoms with Crippen molar-refractivity contribution in [2.75, 3.05) is 0 Å². The Morgan fingerprint density at radius 3 is 2.31 bits per heavy atom. The van der Waals surface area contributed by atoms with E-state index >= 15 is 0 Å². The van der Waals surface area contributed by atoms with Gasteiger partial charge in [-0.15, -0.1) is 0 Å². The average Bonchev–Trinajstić information content (AvgIpc) is 2.47. The van der Waals surface area contributed by atoms with Crippen molar-refractivity contribution in [2.24, 2.45) is 5.73 Å². The van der Waals surface area contributed by atoms with Gasteiger partial charge in [0.2, 0.25) is 0 Å². The Hall–Kier alpha value is -0.890. The van der Waals surface area contributed by atoms with Gasteiger partial charge in [0.05, 0.1) is 0 Å². The van der Waals surface area contributed by atoms with Crippen LogP contribution >= 0.6 is 0 Å². The van der Waals surface area contributed by atoms with E-state index < -0.39 is 0 Å². The molecule has 0 spiro atoms. The molecule has 0 atom stereocenters. The third-order valence-corrected chi connectivity index (χ3v) is 3.60. The summed E-state index contributed by atoms with van der Waals surface area (Å²) in [4.78, 5) is 0. The Bertz CT molecular complexity index is 340. The summed E-state index contributed by atoms with van der Waals surface area (Å²) < 4.78 is 13.6. The van der Waals surface area contributed by atoms with Gasteiger partial charge in [-0.05, 0) is 30.9 Å². The van der Waals surface area contributed by atoms with Crippen LogP contribution in [0, 0.1) is 5.82 Å².